The molecule has 0 heterocycles. The smallest absolute Gasteiger partial charge is 0.127 e. The summed E-state index contributed by atoms with van der Waals surface area (Å²) < 4.78 is 10.5. The Morgan fingerprint density at radius 2 is 1.81 bits per heavy atom. The van der Waals surface area contributed by atoms with Crippen molar-refractivity contribution in [3.05, 3.63) is 36.4 Å². The van der Waals surface area contributed by atoms with Crippen LogP contribution in [-0.4, -0.2) is 14.2 Å². The second kappa shape index (κ2) is 7.14. The number of benzene rings is 1. The maximum Gasteiger partial charge on any atom is 0.127 e. The normalized spacial score (nSPS) is 11.2. The third-order valence-corrected chi connectivity index (χ3v) is 2.26. The molecule has 0 unspecified atom stereocenters. The van der Waals surface area contributed by atoms with E-state index in [2.05, 4.69) is 6.58 Å². The van der Waals surface area contributed by atoms with Crippen LogP contribution >= 0.6 is 12.4 Å². The van der Waals surface area contributed by atoms with Gasteiger partial charge in [0.2, 0.25) is 0 Å². The lowest BCUT2D eigenvalue weighted by Gasteiger charge is -2.17. The second-order valence-corrected chi connectivity index (χ2v) is 3.21. The van der Waals surface area contributed by atoms with Gasteiger partial charge in [0.25, 0.3) is 0 Å². The van der Waals surface area contributed by atoms with E-state index >= 15 is 0 Å². The molecule has 0 fully saturated rings. The first-order chi connectivity index (χ1) is 7.24. The van der Waals surface area contributed by atoms with E-state index in [1.54, 1.807) is 20.3 Å². The van der Waals surface area contributed by atoms with Crippen LogP contribution in [0, 0.1) is 0 Å². The molecule has 16 heavy (non-hydrogen) atoms. The first-order valence-corrected chi connectivity index (χ1v) is 4.82. The van der Waals surface area contributed by atoms with E-state index in [1.165, 1.54) is 0 Å². The third kappa shape index (κ3) is 3.15. The minimum Gasteiger partial charge on any atom is -0.496 e. The van der Waals surface area contributed by atoms with Gasteiger partial charge in [0.05, 0.1) is 19.8 Å². The zero-order chi connectivity index (χ0) is 11.3. The number of rotatable bonds is 5. The SMILES string of the molecule is C=CC[C@@H](N)c1c(OC)cccc1OC.Cl. The van der Waals surface area contributed by atoms with Crippen LogP contribution in [0.15, 0.2) is 30.9 Å². The van der Waals surface area contributed by atoms with Crippen molar-refractivity contribution < 1.29 is 9.47 Å². The van der Waals surface area contributed by atoms with E-state index in [0.29, 0.717) is 6.42 Å². The largest absolute Gasteiger partial charge is 0.496 e. The fourth-order valence-corrected chi connectivity index (χ4v) is 1.54. The van der Waals surface area contributed by atoms with Gasteiger partial charge in [0.1, 0.15) is 11.5 Å². The molecule has 0 amide bonds. The standard InChI is InChI=1S/C12H17NO2.ClH/c1-4-6-9(13)12-10(14-2)7-5-8-11(12)15-3;/h4-5,7-9H,1,6,13H2,2-3H3;1H/t9-;/m1./s1. The predicted octanol–water partition coefficient (Wildman–Crippen LogP) is 2.70. The molecule has 1 rings (SSSR count). The summed E-state index contributed by atoms with van der Waals surface area (Å²) in [5, 5.41) is 0. The van der Waals surface area contributed by atoms with Gasteiger partial charge in [-0.3, -0.25) is 0 Å². The molecule has 0 aliphatic heterocycles. The third-order valence-electron chi connectivity index (χ3n) is 2.26. The van der Waals surface area contributed by atoms with Gasteiger partial charge in [0, 0.05) is 6.04 Å². The minimum absolute atomic E-state index is 0. The molecular formula is C12H18ClNO2. The van der Waals surface area contributed by atoms with Gasteiger partial charge in [-0.1, -0.05) is 12.1 Å². The molecule has 1 aromatic rings. The first-order valence-electron chi connectivity index (χ1n) is 4.82. The van der Waals surface area contributed by atoms with Crippen LogP contribution in [-0.2, 0) is 0 Å². The molecule has 3 nitrogen and oxygen atoms in total. The molecule has 0 aromatic heterocycles. The van der Waals surface area contributed by atoms with Crippen LogP contribution in [0.3, 0.4) is 0 Å². The van der Waals surface area contributed by atoms with Gasteiger partial charge < -0.3 is 15.2 Å². The lowest BCUT2D eigenvalue weighted by atomic mass is 10.0. The van der Waals surface area contributed by atoms with Gasteiger partial charge in [0.15, 0.2) is 0 Å². The van der Waals surface area contributed by atoms with Gasteiger partial charge in [-0.05, 0) is 18.6 Å². The monoisotopic (exact) mass is 243 g/mol. The van der Waals surface area contributed by atoms with E-state index in [0.717, 1.165) is 17.1 Å². The molecule has 0 radical (unpaired) electrons. The van der Waals surface area contributed by atoms with Gasteiger partial charge in [-0.15, -0.1) is 19.0 Å². The van der Waals surface area contributed by atoms with Crippen molar-refractivity contribution in [3.63, 3.8) is 0 Å². The number of methoxy groups -OCH3 is 2. The molecule has 2 N–H and O–H groups in total. The Morgan fingerprint density at radius 1 is 1.31 bits per heavy atom. The summed E-state index contributed by atoms with van der Waals surface area (Å²) in [6.45, 7) is 3.68. The van der Waals surface area contributed by atoms with Crippen LogP contribution in [0.1, 0.15) is 18.0 Å². The summed E-state index contributed by atoms with van der Waals surface area (Å²) in [4.78, 5) is 0. The van der Waals surface area contributed by atoms with Crippen molar-refractivity contribution in [1.29, 1.82) is 0 Å². The average molecular weight is 244 g/mol. The zero-order valence-corrected chi connectivity index (χ0v) is 10.4. The first kappa shape index (κ1) is 14.8. The molecule has 90 valence electrons. The number of hydrogen-bond acceptors (Lipinski definition) is 3. The highest BCUT2D eigenvalue weighted by Gasteiger charge is 2.15. The average Bonchev–Trinajstić information content (AvgIpc) is 2.28. The van der Waals surface area contributed by atoms with Crippen molar-refractivity contribution in [1.82, 2.24) is 0 Å². The van der Waals surface area contributed by atoms with E-state index in [-0.39, 0.29) is 18.4 Å². The van der Waals surface area contributed by atoms with Crippen LogP contribution < -0.4 is 15.2 Å². The van der Waals surface area contributed by atoms with Crippen LogP contribution in [0.25, 0.3) is 0 Å². The lowest BCUT2D eigenvalue weighted by molar-refractivity contribution is 0.379. The maximum atomic E-state index is 6.03. The fourth-order valence-electron chi connectivity index (χ4n) is 1.54. The summed E-state index contributed by atoms with van der Waals surface area (Å²) in [5.41, 5.74) is 6.92. The molecule has 0 aliphatic rings. The highest BCUT2D eigenvalue weighted by atomic mass is 35.5. The lowest BCUT2D eigenvalue weighted by Crippen LogP contribution is -2.12. The Labute approximate surface area is 103 Å². The Bertz CT molecular complexity index is 320. The summed E-state index contributed by atoms with van der Waals surface area (Å²) in [6.07, 6.45) is 2.48. The van der Waals surface area contributed by atoms with Gasteiger partial charge >= 0.3 is 0 Å². The molecule has 0 saturated carbocycles. The highest BCUT2D eigenvalue weighted by Crippen LogP contribution is 2.34. The van der Waals surface area contributed by atoms with Gasteiger partial charge in [-0.25, -0.2) is 0 Å². The van der Waals surface area contributed by atoms with Crippen molar-refractivity contribution in [2.24, 2.45) is 5.73 Å². The minimum atomic E-state index is -0.145. The second-order valence-electron chi connectivity index (χ2n) is 3.21. The summed E-state index contributed by atoms with van der Waals surface area (Å²) >= 11 is 0. The number of ether oxygens (including phenoxy) is 2. The predicted molar refractivity (Wildman–Crippen MR) is 68.5 cm³/mol. The summed E-state index contributed by atoms with van der Waals surface area (Å²) in [5.74, 6) is 1.51. The highest BCUT2D eigenvalue weighted by molar-refractivity contribution is 5.85. The molecule has 1 atom stereocenters. The van der Waals surface area contributed by atoms with E-state index in [4.69, 9.17) is 15.2 Å². The Kier molecular flexibility index (Phi) is 6.61. The fraction of sp³-hybridized carbons (Fsp3) is 0.333. The van der Waals surface area contributed by atoms with E-state index in [1.807, 2.05) is 18.2 Å². The molecule has 0 spiro atoms. The Morgan fingerprint density at radius 3 is 2.19 bits per heavy atom. The molecule has 0 bridgehead atoms. The Hall–Kier alpha value is -1.19. The summed E-state index contributed by atoms with van der Waals surface area (Å²) in [6, 6.07) is 5.48. The quantitative estimate of drug-likeness (QED) is 0.809. The van der Waals surface area contributed by atoms with Crippen LogP contribution in [0.2, 0.25) is 0 Å². The van der Waals surface area contributed by atoms with Crippen molar-refractivity contribution in [3.8, 4) is 11.5 Å². The van der Waals surface area contributed by atoms with E-state index in [9.17, 15) is 0 Å². The number of nitrogens with two attached hydrogens (primary N) is 1. The number of hydrogen-bond donors (Lipinski definition) is 1. The van der Waals surface area contributed by atoms with E-state index < -0.39 is 0 Å². The zero-order valence-electron chi connectivity index (χ0n) is 9.60. The van der Waals surface area contributed by atoms with Crippen molar-refractivity contribution in [2.45, 2.75) is 12.5 Å². The Balaban J connectivity index is 0.00000225. The number of halogens is 1. The van der Waals surface area contributed by atoms with Gasteiger partial charge in [-0.2, -0.15) is 0 Å². The van der Waals surface area contributed by atoms with Crippen LogP contribution in [0.5, 0.6) is 11.5 Å². The van der Waals surface area contributed by atoms with Crippen LogP contribution in [0.4, 0.5) is 0 Å². The molecule has 0 aliphatic carbocycles. The molecular weight excluding hydrogens is 226 g/mol. The van der Waals surface area contributed by atoms with Crippen molar-refractivity contribution >= 4 is 12.4 Å². The molecule has 1 aromatic carbocycles. The topological polar surface area (TPSA) is 44.5 Å². The van der Waals surface area contributed by atoms with Crippen molar-refractivity contribution in [2.75, 3.05) is 14.2 Å². The maximum absolute atomic E-state index is 6.03. The molecule has 0 saturated heterocycles. The molecule has 4 heteroatoms. The summed E-state index contributed by atoms with van der Waals surface area (Å²) in [7, 11) is 3.25.